The second-order valence-electron chi connectivity index (χ2n) is 0.415. The van der Waals surface area contributed by atoms with E-state index in [9.17, 15) is 0 Å². The Morgan fingerprint density at radius 3 is 1.17 bits per heavy atom. The minimum absolute atomic E-state index is 0. The first-order chi connectivity index (χ1) is 2.00. The summed E-state index contributed by atoms with van der Waals surface area (Å²) in [6.07, 6.45) is 0. The first kappa shape index (κ1) is 9.37. The summed E-state index contributed by atoms with van der Waals surface area (Å²) in [4.78, 5) is 0. The van der Waals surface area contributed by atoms with Crippen molar-refractivity contribution in [1.82, 2.24) is 0 Å². The zero-order chi connectivity index (χ0) is 4.50. The van der Waals surface area contributed by atoms with E-state index in [0.29, 0.717) is 0 Å². The molecule has 6 heteroatoms. The summed E-state index contributed by atoms with van der Waals surface area (Å²) in [6.45, 7) is 0. The van der Waals surface area contributed by atoms with Crippen molar-refractivity contribution < 1.29 is 34.9 Å². The van der Waals surface area contributed by atoms with Crippen LogP contribution < -0.4 is 0 Å². The zero-order valence-electron chi connectivity index (χ0n) is 2.59. The van der Waals surface area contributed by atoms with Crippen molar-refractivity contribution in [3.05, 3.63) is 0 Å². The molecule has 41 valence electrons. The molecule has 0 aromatic carbocycles. The molecule has 0 aliphatic rings. The van der Waals surface area contributed by atoms with Gasteiger partial charge in [-0.15, -0.1) is 0 Å². The van der Waals surface area contributed by atoms with E-state index in [1.807, 2.05) is 0 Å². The summed E-state index contributed by atoms with van der Waals surface area (Å²) in [5, 5.41) is 0. The molecule has 0 saturated heterocycles. The Bertz CT molecular complexity index is 87.1. The third-order valence-electron chi connectivity index (χ3n) is 0. The Balaban J connectivity index is 0. The van der Waals surface area contributed by atoms with E-state index < -0.39 is 13.4 Å². The van der Waals surface area contributed by atoms with Gasteiger partial charge in [-0.2, -0.15) is 0 Å². The standard InChI is InChI=1S/Mn.3H2O.2O/h;3*1H2;;/q+2;;;;;/p-2. The molecule has 0 fully saturated rings. The van der Waals surface area contributed by atoms with Crippen molar-refractivity contribution in [2.45, 2.75) is 0 Å². The topological polar surface area (TPSA) is 106 Å². The molecule has 0 spiro atoms. The van der Waals surface area contributed by atoms with Gasteiger partial charge in [0.05, 0.1) is 0 Å². The molecule has 0 rings (SSSR count). The molecule has 0 saturated carbocycles. The SMILES string of the molecule is O.[O]=[Mn](=[O])([OH])[OH]. The van der Waals surface area contributed by atoms with Gasteiger partial charge in [0.25, 0.3) is 0 Å². The quantitative estimate of drug-likeness (QED) is 0.372. The number of hydrogen-bond acceptors (Lipinski definition) is 2. The Labute approximate surface area is 35.8 Å². The third kappa shape index (κ3) is 133000000. The van der Waals surface area contributed by atoms with Crippen LogP contribution in [0.2, 0.25) is 0 Å². The molecule has 0 aromatic rings. The molecule has 5 nitrogen and oxygen atoms in total. The fraction of sp³-hybridized carbons (Fsp3) is 0. The Hall–Kier alpha value is -0.000519. The maximum absolute atomic E-state index is 8.80. The average Bonchev–Trinajstić information content (AvgIpc) is 0.722. The van der Waals surface area contributed by atoms with Gasteiger partial charge in [0.15, 0.2) is 0 Å². The van der Waals surface area contributed by atoms with Gasteiger partial charge in [0.1, 0.15) is 0 Å². The third-order valence-corrected chi connectivity index (χ3v) is 0. The van der Waals surface area contributed by atoms with Crippen LogP contribution in [0.4, 0.5) is 0 Å². The van der Waals surface area contributed by atoms with Crippen molar-refractivity contribution in [3.8, 4) is 0 Å². The van der Waals surface area contributed by atoms with E-state index in [1.54, 1.807) is 0 Å². The molecular formula is H4MnO5. The van der Waals surface area contributed by atoms with Gasteiger partial charge in [-0.05, 0) is 0 Å². The van der Waals surface area contributed by atoms with Crippen molar-refractivity contribution in [2.24, 2.45) is 0 Å². The van der Waals surface area contributed by atoms with Gasteiger partial charge in [0.2, 0.25) is 0 Å². The number of hydrogen-bond donors (Lipinski definition) is 2. The van der Waals surface area contributed by atoms with Gasteiger partial charge >= 0.3 is 29.4 Å². The van der Waals surface area contributed by atoms with E-state index in [1.165, 1.54) is 0 Å². The second kappa shape index (κ2) is 2.22. The van der Waals surface area contributed by atoms with Gasteiger partial charge in [-0.3, -0.25) is 0 Å². The van der Waals surface area contributed by atoms with Crippen molar-refractivity contribution in [2.75, 3.05) is 0 Å². The molecular weight excluding hydrogens is 135 g/mol. The molecule has 0 unspecified atom stereocenters. The van der Waals surface area contributed by atoms with Crippen LogP contribution in [0.3, 0.4) is 0 Å². The summed E-state index contributed by atoms with van der Waals surface area (Å²) in [5.74, 6) is 0. The van der Waals surface area contributed by atoms with Crippen molar-refractivity contribution in [1.29, 1.82) is 0 Å². The molecule has 0 heterocycles. The molecule has 0 aliphatic heterocycles. The fourth-order valence-corrected chi connectivity index (χ4v) is 0. The average molecular weight is 139 g/mol. The second-order valence-corrected chi connectivity index (χ2v) is 1.71. The van der Waals surface area contributed by atoms with Crippen molar-refractivity contribution in [3.63, 3.8) is 0 Å². The van der Waals surface area contributed by atoms with E-state index in [4.69, 9.17) is 16.0 Å². The van der Waals surface area contributed by atoms with E-state index in [2.05, 4.69) is 0 Å². The van der Waals surface area contributed by atoms with Crippen LogP contribution in [0.1, 0.15) is 0 Å². The predicted octanol–water partition coefficient (Wildman–Crippen LogP) is -2.18. The summed E-state index contributed by atoms with van der Waals surface area (Å²) in [5.41, 5.74) is 0. The zero-order valence-corrected chi connectivity index (χ0v) is 3.77. The van der Waals surface area contributed by atoms with Crippen LogP contribution in [0.25, 0.3) is 0 Å². The molecule has 0 bridgehead atoms. The predicted molar refractivity (Wildman–Crippen MR) is 9.42 cm³/mol. The first-order valence-corrected chi connectivity index (χ1v) is 2.67. The molecule has 0 aliphatic carbocycles. The summed E-state index contributed by atoms with van der Waals surface area (Å²) in [7, 11) is 0. The molecule has 4 N–H and O–H groups in total. The molecule has 0 aromatic heterocycles. The number of rotatable bonds is 0. The van der Waals surface area contributed by atoms with Crippen molar-refractivity contribution >= 4 is 0 Å². The molecule has 0 amide bonds. The van der Waals surface area contributed by atoms with Crippen LogP contribution in [0.15, 0.2) is 0 Å². The van der Waals surface area contributed by atoms with Crippen LogP contribution in [-0.2, 0) is 21.0 Å². The fourth-order valence-electron chi connectivity index (χ4n) is 0. The minimum atomic E-state index is -5.12. The van der Waals surface area contributed by atoms with Crippen LogP contribution in [-0.4, -0.2) is 13.9 Å². The van der Waals surface area contributed by atoms with E-state index in [-0.39, 0.29) is 5.48 Å². The van der Waals surface area contributed by atoms with Gasteiger partial charge < -0.3 is 5.48 Å². The molecule has 0 radical (unpaired) electrons. The van der Waals surface area contributed by atoms with Crippen LogP contribution >= 0.6 is 0 Å². The summed E-state index contributed by atoms with van der Waals surface area (Å²) >= 11 is -5.12. The van der Waals surface area contributed by atoms with Crippen LogP contribution in [0.5, 0.6) is 0 Å². The van der Waals surface area contributed by atoms with Gasteiger partial charge in [-0.1, -0.05) is 0 Å². The normalized spacial score (nSPS) is 9.67. The van der Waals surface area contributed by atoms with E-state index >= 15 is 0 Å². The molecule has 0 atom stereocenters. The molecule has 6 heavy (non-hydrogen) atoms. The Kier molecular flexibility index (Phi) is 3.47. The Morgan fingerprint density at radius 2 is 1.17 bits per heavy atom. The Morgan fingerprint density at radius 1 is 1.17 bits per heavy atom. The van der Waals surface area contributed by atoms with Gasteiger partial charge in [0, 0.05) is 0 Å². The van der Waals surface area contributed by atoms with E-state index in [0.717, 1.165) is 0 Å². The summed E-state index contributed by atoms with van der Waals surface area (Å²) in [6, 6.07) is 0. The van der Waals surface area contributed by atoms with Crippen LogP contribution in [0, 0.1) is 0 Å². The maximum atomic E-state index is 8.80. The summed E-state index contributed by atoms with van der Waals surface area (Å²) < 4.78 is 31.8. The van der Waals surface area contributed by atoms with Gasteiger partial charge in [-0.25, -0.2) is 0 Å². The first-order valence-electron chi connectivity index (χ1n) is 0.647. The monoisotopic (exact) mass is 139 g/mol.